The van der Waals surface area contributed by atoms with Crippen LogP contribution in [0.25, 0.3) is 0 Å². The van der Waals surface area contributed by atoms with Crippen LogP contribution in [-0.2, 0) is 6.54 Å². The minimum Gasteiger partial charge on any atom is -0.496 e. The lowest BCUT2D eigenvalue weighted by Gasteiger charge is -2.18. The molecule has 1 fully saturated rings. The number of hydrogen-bond acceptors (Lipinski definition) is 3. The zero-order valence-corrected chi connectivity index (χ0v) is 11.1. The average Bonchev–Trinajstić information content (AvgIpc) is 3.12. The maximum Gasteiger partial charge on any atom is 0.123 e. The first kappa shape index (κ1) is 12.9. The molecule has 1 aliphatic carbocycles. The molecular weight excluding hydrogens is 226 g/mol. The Labute approximate surface area is 108 Å². The van der Waals surface area contributed by atoms with Gasteiger partial charge in [0, 0.05) is 24.2 Å². The van der Waals surface area contributed by atoms with Gasteiger partial charge in [-0.15, -0.1) is 0 Å². The molecule has 0 spiro atoms. The summed E-state index contributed by atoms with van der Waals surface area (Å²) in [5.41, 5.74) is 7.37. The number of amidine groups is 1. The molecule has 3 N–H and O–H groups in total. The van der Waals surface area contributed by atoms with Gasteiger partial charge in [-0.1, -0.05) is 0 Å². The molecule has 4 nitrogen and oxygen atoms in total. The quantitative estimate of drug-likeness (QED) is 0.595. The topological polar surface area (TPSA) is 62.3 Å². The molecule has 2 rings (SSSR count). The van der Waals surface area contributed by atoms with E-state index in [2.05, 4.69) is 11.9 Å². The van der Waals surface area contributed by atoms with Crippen molar-refractivity contribution in [2.24, 2.45) is 11.7 Å². The second kappa shape index (κ2) is 5.40. The predicted molar refractivity (Wildman–Crippen MR) is 73.1 cm³/mol. The molecule has 1 aromatic rings. The molecule has 0 unspecified atom stereocenters. The maximum atomic E-state index is 7.49. The number of ether oxygens (including phenoxy) is 1. The Morgan fingerprint density at radius 3 is 2.78 bits per heavy atom. The normalized spacial score (nSPS) is 14.8. The minimum absolute atomic E-state index is 0.101. The molecule has 0 saturated heterocycles. The Balaban J connectivity index is 2.12. The fraction of sp³-hybridized carbons (Fsp3) is 0.500. The number of nitrogen functional groups attached to an aromatic ring is 1. The van der Waals surface area contributed by atoms with Crippen LogP contribution in [0, 0.1) is 11.3 Å². The molecular formula is C14H21N3O. The molecule has 0 amide bonds. The van der Waals surface area contributed by atoms with Gasteiger partial charge in [0.1, 0.15) is 11.6 Å². The molecule has 0 aliphatic heterocycles. The van der Waals surface area contributed by atoms with E-state index >= 15 is 0 Å². The molecule has 0 bridgehead atoms. The Hall–Kier alpha value is -1.55. The first-order valence-electron chi connectivity index (χ1n) is 6.30. The third-order valence-electron chi connectivity index (χ3n) is 3.30. The Bertz CT molecular complexity index is 441. The third kappa shape index (κ3) is 3.23. The van der Waals surface area contributed by atoms with Gasteiger partial charge in [-0.25, -0.2) is 0 Å². The Kier molecular flexibility index (Phi) is 3.87. The SMILES string of the molecule is COc1ccc(C(=N)N)cc1CN(C)CC1CC1. The first-order chi connectivity index (χ1) is 8.60. The van der Waals surface area contributed by atoms with Gasteiger partial charge in [0.2, 0.25) is 0 Å². The van der Waals surface area contributed by atoms with Crippen molar-refractivity contribution in [1.29, 1.82) is 5.41 Å². The molecule has 1 saturated carbocycles. The summed E-state index contributed by atoms with van der Waals surface area (Å²) in [4.78, 5) is 2.30. The van der Waals surface area contributed by atoms with Gasteiger partial charge in [-0.2, -0.15) is 0 Å². The minimum atomic E-state index is 0.101. The van der Waals surface area contributed by atoms with E-state index < -0.39 is 0 Å². The summed E-state index contributed by atoms with van der Waals surface area (Å²) >= 11 is 0. The fourth-order valence-corrected chi connectivity index (χ4v) is 2.17. The summed E-state index contributed by atoms with van der Waals surface area (Å²) in [7, 11) is 3.80. The highest BCUT2D eigenvalue weighted by molar-refractivity contribution is 5.95. The fourth-order valence-electron chi connectivity index (χ4n) is 2.17. The van der Waals surface area contributed by atoms with Crippen molar-refractivity contribution in [1.82, 2.24) is 4.90 Å². The van der Waals surface area contributed by atoms with Gasteiger partial charge in [-0.3, -0.25) is 5.41 Å². The highest BCUT2D eigenvalue weighted by atomic mass is 16.5. The van der Waals surface area contributed by atoms with Crippen molar-refractivity contribution in [2.45, 2.75) is 19.4 Å². The van der Waals surface area contributed by atoms with Crippen molar-refractivity contribution in [3.05, 3.63) is 29.3 Å². The summed E-state index contributed by atoms with van der Waals surface area (Å²) in [6.45, 7) is 1.97. The third-order valence-corrected chi connectivity index (χ3v) is 3.30. The number of nitrogens with two attached hydrogens (primary N) is 1. The van der Waals surface area contributed by atoms with E-state index in [0.29, 0.717) is 0 Å². The number of benzene rings is 1. The van der Waals surface area contributed by atoms with E-state index in [1.165, 1.54) is 12.8 Å². The van der Waals surface area contributed by atoms with Crippen molar-refractivity contribution in [3.8, 4) is 5.75 Å². The molecule has 18 heavy (non-hydrogen) atoms. The van der Waals surface area contributed by atoms with Gasteiger partial charge in [0.05, 0.1) is 7.11 Å². The van der Waals surface area contributed by atoms with Crippen LogP contribution in [0.2, 0.25) is 0 Å². The monoisotopic (exact) mass is 247 g/mol. The zero-order chi connectivity index (χ0) is 13.1. The number of hydrogen-bond donors (Lipinski definition) is 2. The van der Waals surface area contributed by atoms with E-state index in [-0.39, 0.29) is 5.84 Å². The number of nitrogens with zero attached hydrogens (tertiary/aromatic N) is 1. The molecule has 98 valence electrons. The number of nitrogens with one attached hydrogen (secondary N) is 1. The van der Waals surface area contributed by atoms with Crippen LogP contribution in [0.15, 0.2) is 18.2 Å². The van der Waals surface area contributed by atoms with Gasteiger partial charge in [-0.05, 0) is 44.0 Å². The van der Waals surface area contributed by atoms with E-state index in [1.807, 2.05) is 18.2 Å². The van der Waals surface area contributed by atoms with Crippen LogP contribution in [0.4, 0.5) is 0 Å². The standard InChI is InChI=1S/C14H21N3O/c1-17(8-10-3-4-10)9-12-7-11(14(15)16)5-6-13(12)18-2/h5-7,10H,3-4,8-9H2,1-2H3,(H3,15,16). The van der Waals surface area contributed by atoms with Crippen LogP contribution >= 0.6 is 0 Å². The molecule has 4 heteroatoms. The van der Waals surface area contributed by atoms with E-state index in [9.17, 15) is 0 Å². The largest absolute Gasteiger partial charge is 0.496 e. The lowest BCUT2D eigenvalue weighted by molar-refractivity contribution is 0.305. The van der Waals surface area contributed by atoms with Gasteiger partial charge >= 0.3 is 0 Å². The lowest BCUT2D eigenvalue weighted by Crippen LogP contribution is -2.21. The van der Waals surface area contributed by atoms with Gasteiger partial charge < -0.3 is 15.4 Å². The second-order valence-electron chi connectivity index (χ2n) is 5.08. The summed E-state index contributed by atoms with van der Waals surface area (Å²) in [6.07, 6.45) is 2.71. The molecule has 0 heterocycles. The molecule has 0 aromatic heterocycles. The molecule has 1 aromatic carbocycles. The molecule has 0 radical (unpaired) electrons. The van der Waals surface area contributed by atoms with E-state index in [4.69, 9.17) is 15.9 Å². The second-order valence-corrected chi connectivity index (χ2v) is 5.08. The van der Waals surface area contributed by atoms with Crippen LogP contribution in [0.3, 0.4) is 0 Å². The van der Waals surface area contributed by atoms with Crippen molar-refractivity contribution < 1.29 is 4.74 Å². The van der Waals surface area contributed by atoms with Crippen molar-refractivity contribution in [2.75, 3.05) is 20.7 Å². The first-order valence-corrected chi connectivity index (χ1v) is 6.30. The van der Waals surface area contributed by atoms with Crippen LogP contribution in [0.1, 0.15) is 24.0 Å². The summed E-state index contributed by atoms with van der Waals surface area (Å²) in [6, 6.07) is 5.66. The number of methoxy groups -OCH3 is 1. The lowest BCUT2D eigenvalue weighted by atomic mass is 10.1. The van der Waals surface area contributed by atoms with E-state index in [1.54, 1.807) is 7.11 Å². The van der Waals surface area contributed by atoms with Crippen molar-refractivity contribution in [3.63, 3.8) is 0 Å². The highest BCUT2D eigenvalue weighted by Crippen LogP contribution is 2.30. The van der Waals surface area contributed by atoms with Crippen LogP contribution in [0.5, 0.6) is 5.75 Å². The summed E-state index contributed by atoms with van der Waals surface area (Å²) in [5.74, 6) is 1.84. The Morgan fingerprint density at radius 2 is 2.22 bits per heavy atom. The summed E-state index contributed by atoms with van der Waals surface area (Å²) in [5, 5.41) is 7.49. The van der Waals surface area contributed by atoms with Crippen LogP contribution in [-0.4, -0.2) is 31.4 Å². The summed E-state index contributed by atoms with van der Waals surface area (Å²) < 4.78 is 5.36. The zero-order valence-electron chi connectivity index (χ0n) is 11.1. The molecule has 0 atom stereocenters. The van der Waals surface area contributed by atoms with Crippen LogP contribution < -0.4 is 10.5 Å². The predicted octanol–water partition coefficient (Wildman–Crippen LogP) is 1.82. The van der Waals surface area contributed by atoms with Gasteiger partial charge in [0.15, 0.2) is 0 Å². The van der Waals surface area contributed by atoms with Gasteiger partial charge in [0.25, 0.3) is 0 Å². The highest BCUT2D eigenvalue weighted by Gasteiger charge is 2.23. The smallest absolute Gasteiger partial charge is 0.123 e. The maximum absolute atomic E-state index is 7.49. The Morgan fingerprint density at radius 1 is 1.50 bits per heavy atom. The van der Waals surface area contributed by atoms with E-state index in [0.717, 1.165) is 35.9 Å². The van der Waals surface area contributed by atoms with Crippen molar-refractivity contribution >= 4 is 5.84 Å². The number of rotatable bonds is 6. The average molecular weight is 247 g/mol. The molecule has 1 aliphatic rings.